The molecule has 7 nitrogen and oxygen atoms in total. The Hall–Kier alpha value is -2.11. The van der Waals surface area contributed by atoms with Crippen LogP contribution < -0.4 is 5.32 Å². The monoisotopic (exact) mass is 392 g/mol. The van der Waals surface area contributed by atoms with Gasteiger partial charge in [-0.1, -0.05) is 0 Å². The predicted molar refractivity (Wildman–Crippen MR) is 88.7 cm³/mol. The van der Waals surface area contributed by atoms with E-state index in [-0.39, 0.29) is 12.2 Å². The first kappa shape index (κ1) is 19.2. The smallest absolute Gasteiger partial charge is 0.341 e. The molecule has 11 heteroatoms. The highest BCUT2D eigenvalue weighted by molar-refractivity contribution is 7.91. The van der Waals surface area contributed by atoms with Gasteiger partial charge in [-0.15, -0.1) is 0 Å². The molecule has 0 radical (unpaired) electrons. The fraction of sp³-hybridized carbons (Fsp3) is 0.286. The van der Waals surface area contributed by atoms with E-state index in [1.165, 1.54) is 18.3 Å². The Morgan fingerprint density at radius 3 is 2.60 bits per heavy atom. The predicted octanol–water partition coefficient (Wildman–Crippen LogP) is 2.97. The third-order valence-electron chi connectivity index (χ3n) is 3.50. The number of nitrogens with one attached hydrogen (secondary N) is 1. The molecule has 0 bridgehead atoms. The fourth-order valence-corrected chi connectivity index (χ4v) is 3.55. The maximum Gasteiger partial charge on any atom is 0.341 e. The molecule has 25 heavy (non-hydrogen) atoms. The van der Waals surface area contributed by atoms with E-state index in [1.807, 2.05) is 0 Å². The Bertz CT molecular complexity index is 867. The van der Waals surface area contributed by atoms with Crippen molar-refractivity contribution in [3.8, 4) is 0 Å². The lowest BCUT2D eigenvalue weighted by molar-refractivity contribution is -0.384. The van der Waals surface area contributed by atoms with Gasteiger partial charge in [0.25, 0.3) is 5.69 Å². The summed E-state index contributed by atoms with van der Waals surface area (Å²) in [6, 6.07) is 4.15. The van der Waals surface area contributed by atoms with E-state index in [4.69, 9.17) is 0 Å². The quantitative estimate of drug-likeness (QED) is 0.554. The Balaban J connectivity index is 2.31. The number of rotatable bonds is 7. The van der Waals surface area contributed by atoms with Crippen molar-refractivity contribution < 1.29 is 27.2 Å². The van der Waals surface area contributed by atoms with Crippen LogP contribution in [-0.4, -0.2) is 30.7 Å². The number of halogens is 2. The first-order chi connectivity index (χ1) is 11.6. The van der Waals surface area contributed by atoms with Gasteiger partial charge in [0.15, 0.2) is 0 Å². The minimum atomic E-state index is -4.94. The van der Waals surface area contributed by atoms with Crippen LogP contribution in [0.25, 0.3) is 0 Å². The number of nitro groups is 1. The zero-order valence-corrected chi connectivity index (χ0v) is 14.5. The molecule has 0 spiro atoms. The summed E-state index contributed by atoms with van der Waals surface area (Å²) in [5.41, 5.74) is -1.50. The lowest BCUT2D eigenvalue weighted by Crippen LogP contribution is -2.30. The SMILES string of the molecule is CC(O)(CNc1ccc(S(=O)(=O)C(F)F)cc1[N+](=O)[O-])c1ccsc1. The van der Waals surface area contributed by atoms with Gasteiger partial charge in [-0.2, -0.15) is 20.1 Å². The molecule has 2 N–H and O–H groups in total. The fourth-order valence-electron chi connectivity index (χ4n) is 2.03. The number of alkyl halides is 2. The number of thiophene rings is 1. The van der Waals surface area contributed by atoms with E-state index >= 15 is 0 Å². The van der Waals surface area contributed by atoms with Gasteiger partial charge < -0.3 is 10.4 Å². The van der Waals surface area contributed by atoms with Gasteiger partial charge in [0.2, 0.25) is 9.84 Å². The van der Waals surface area contributed by atoms with E-state index in [9.17, 15) is 32.4 Å². The number of hydrogen-bond donors (Lipinski definition) is 2. The van der Waals surface area contributed by atoms with Crippen molar-refractivity contribution in [2.45, 2.75) is 23.2 Å². The third-order valence-corrected chi connectivity index (χ3v) is 5.56. The third kappa shape index (κ3) is 4.11. The Kier molecular flexibility index (Phi) is 5.40. The Morgan fingerprint density at radius 2 is 2.08 bits per heavy atom. The van der Waals surface area contributed by atoms with Gasteiger partial charge >= 0.3 is 5.76 Å². The van der Waals surface area contributed by atoms with E-state index in [0.717, 1.165) is 12.1 Å². The molecule has 1 aromatic carbocycles. The van der Waals surface area contributed by atoms with E-state index in [0.29, 0.717) is 11.6 Å². The molecule has 2 rings (SSSR count). The maximum absolute atomic E-state index is 12.6. The molecule has 2 aromatic rings. The van der Waals surface area contributed by atoms with E-state index in [1.54, 1.807) is 16.8 Å². The van der Waals surface area contributed by atoms with Crippen molar-refractivity contribution in [1.29, 1.82) is 0 Å². The van der Waals surface area contributed by atoms with Crippen molar-refractivity contribution in [2.75, 3.05) is 11.9 Å². The normalized spacial score (nSPS) is 14.3. The number of hydrogen-bond acceptors (Lipinski definition) is 7. The zero-order chi connectivity index (χ0) is 18.8. The standard InChI is InChI=1S/C14H14F2N2O5S2/c1-14(19,9-4-5-24-7-9)8-17-11-3-2-10(6-12(11)18(20)21)25(22,23)13(15)16/h2-7,13,17,19H,8H2,1H3. The molecule has 0 amide bonds. The largest absolute Gasteiger partial charge is 0.384 e. The summed E-state index contributed by atoms with van der Waals surface area (Å²) < 4.78 is 48.1. The number of benzene rings is 1. The van der Waals surface area contributed by atoms with Gasteiger partial charge in [-0.3, -0.25) is 10.1 Å². The second-order valence-corrected chi connectivity index (χ2v) is 8.08. The van der Waals surface area contributed by atoms with Crippen molar-refractivity contribution in [3.63, 3.8) is 0 Å². The van der Waals surface area contributed by atoms with E-state index in [2.05, 4.69) is 5.32 Å². The summed E-state index contributed by atoms with van der Waals surface area (Å²) in [4.78, 5) is 9.42. The molecule has 0 aliphatic rings. The summed E-state index contributed by atoms with van der Waals surface area (Å²) in [6.07, 6.45) is 0. The lowest BCUT2D eigenvalue weighted by Gasteiger charge is -2.23. The van der Waals surface area contributed by atoms with Crippen LogP contribution in [0, 0.1) is 10.1 Å². The second-order valence-electron chi connectivity index (χ2n) is 5.38. The van der Waals surface area contributed by atoms with Gasteiger partial charge in [-0.25, -0.2) is 8.42 Å². The minimum Gasteiger partial charge on any atom is -0.384 e. The van der Waals surface area contributed by atoms with Gasteiger partial charge in [-0.05, 0) is 41.4 Å². The average Bonchev–Trinajstić information content (AvgIpc) is 3.07. The van der Waals surface area contributed by atoms with Crippen LogP contribution in [0.15, 0.2) is 39.9 Å². The molecule has 0 saturated heterocycles. The van der Waals surface area contributed by atoms with Crippen LogP contribution in [0.2, 0.25) is 0 Å². The Labute approximate surface area is 146 Å². The molecule has 1 heterocycles. The summed E-state index contributed by atoms with van der Waals surface area (Å²) in [6.45, 7) is 1.40. The first-order valence-electron chi connectivity index (χ1n) is 6.85. The number of nitrogens with zero attached hydrogens (tertiary/aromatic N) is 1. The molecule has 136 valence electrons. The van der Waals surface area contributed by atoms with Gasteiger partial charge in [0, 0.05) is 12.6 Å². The molecule has 1 unspecified atom stereocenters. The molecule has 1 atom stereocenters. The van der Waals surface area contributed by atoms with Crippen molar-refractivity contribution in [2.24, 2.45) is 0 Å². The first-order valence-corrected chi connectivity index (χ1v) is 9.34. The summed E-state index contributed by atoms with van der Waals surface area (Å²) in [7, 11) is -4.94. The average molecular weight is 392 g/mol. The molecule has 0 saturated carbocycles. The van der Waals surface area contributed by atoms with Crippen LogP contribution in [0.1, 0.15) is 12.5 Å². The zero-order valence-electron chi connectivity index (χ0n) is 12.8. The highest BCUT2D eigenvalue weighted by Crippen LogP contribution is 2.31. The van der Waals surface area contributed by atoms with Crippen LogP contribution in [-0.2, 0) is 15.4 Å². The van der Waals surface area contributed by atoms with Crippen LogP contribution in [0.3, 0.4) is 0 Å². The van der Waals surface area contributed by atoms with Crippen LogP contribution in [0.5, 0.6) is 0 Å². The summed E-state index contributed by atoms with van der Waals surface area (Å²) >= 11 is 1.37. The molecule has 1 aromatic heterocycles. The number of aliphatic hydroxyl groups is 1. The summed E-state index contributed by atoms with van der Waals surface area (Å²) in [5, 5.41) is 27.7. The molecular formula is C14H14F2N2O5S2. The summed E-state index contributed by atoms with van der Waals surface area (Å²) in [5.74, 6) is -3.68. The van der Waals surface area contributed by atoms with Crippen LogP contribution >= 0.6 is 11.3 Å². The second kappa shape index (κ2) is 7.02. The Morgan fingerprint density at radius 1 is 1.40 bits per heavy atom. The molecule has 0 aliphatic heterocycles. The van der Waals surface area contributed by atoms with Crippen LogP contribution in [0.4, 0.5) is 20.2 Å². The van der Waals surface area contributed by atoms with Crippen molar-refractivity contribution in [1.82, 2.24) is 0 Å². The topological polar surface area (TPSA) is 110 Å². The number of anilines is 1. The highest BCUT2D eigenvalue weighted by atomic mass is 32.2. The van der Waals surface area contributed by atoms with Gasteiger partial charge in [0.1, 0.15) is 11.3 Å². The van der Waals surface area contributed by atoms with E-state index < -0.39 is 36.7 Å². The maximum atomic E-state index is 12.6. The van der Waals surface area contributed by atoms with Gasteiger partial charge in [0.05, 0.1) is 9.82 Å². The minimum absolute atomic E-state index is 0.0891. The highest BCUT2D eigenvalue weighted by Gasteiger charge is 2.30. The number of sulfone groups is 1. The molecule has 0 aliphatic carbocycles. The number of nitro benzene ring substituents is 1. The van der Waals surface area contributed by atoms with Crippen molar-refractivity contribution in [3.05, 3.63) is 50.7 Å². The molecule has 0 fully saturated rings. The lowest BCUT2D eigenvalue weighted by atomic mass is 9.99. The molecular weight excluding hydrogens is 378 g/mol. The van der Waals surface area contributed by atoms with Crippen molar-refractivity contribution >= 4 is 32.5 Å².